The summed E-state index contributed by atoms with van der Waals surface area (Å²) in [4.78, 5) is 11.1. The Morgan fingerprint density at radius 2 is 2.00 bits per heavy atom. The molecule has 0 heterocycles. The zero-order chi connectivity index (χ0) is 13.9. The third kappa shape index (κ3) is 6.62. The van der Waals surface area contributed by atoms with Crippen LogP contribution in [0.2, 0.25) is 0 Å². The molecule has 0 bridgehead atoms. The van der Waals surface area contributed by atoms with E-state index in [0.29, 0.717) is 13.2 Å². The molecule has 0 unspecified atom stereocenters. The first kappa shape index (κ1) is 15.2. The van der Waals surface area contributed by atoms with Crippen molar-refractivity contribution in [3.05, 3.63) is 35.9 Å². The predicted octanol–water partition coefficient (Wildman–Crippen LogP) is 2.41. The van der Waals surface area contributed by atoms with E-state index in [-0.39, 0.29) is 12.6 Å². The summed E-state index contributed by atoms with van der Waals surface area (Å²) in [7, 11) is 0. The Balaban J connectivity index is 2.40. The smallest absolute Gasteiger partial charge is 0.330 e. The van der Waals surface area contributed by atoms with Gasteiger partial charge in [-0.25, -0.2) is 4.79 Å². The Hall–Kier alpha value is -1.81. The molecule has 1 aromatic rings. The van der Waals surface area contributed by atoms with Crippen LogP contribution in [0.25, 0.3) is 6.08 Å². The molecular weight excluding hydrogens is 244 g/mol. The fourth-order valence-corrected chi connectivity index (χ4v) is 1.43. The van der Waals surface area contributed by atoms with Crippen LogP contribution in [-0.4, -0.2) is 30.9 Å². The van der Waals surface area contributed by atoms with Gasteiger partial charge in [0.25, 0.3) is 0 Å². The summed E-state index contributed by atoms with van der Waals surface area (Å²) in [5, 5.41) is 8.64. The first-order valence-electron chi connectivity index (χ1n) is 6.45. The maximum Gasteiger partial charge on any atom is 0.330 e. The molecule has 0 radical (unpaired) electrons. The van der Waals surface area contributed by atoms with E-state index in [9.17, 15) is 4.79 Å². The van der Waals surface area contributed by atoms with E-state index in [1.165, 1.54) is 6.08 Å². The third-order valence-corrected chi connectivity index (χ3v) is 2.40. The number of benzene rings is 1. The summed E-state index contributed by atoms with van der Waals surface area (Å²) < 4.78 is 10.3. The molecule has 1 rings (SSSR count). The van der Waals surface area contributed by atoms with Crippen LogP contribution in [0.3, 0.4) is 0 Å². The van der Waals surface area contributed by atoms with Gasteiger partial charge in [-0.05, 0) is 43.5 Å². The Bertz CT molecular complexity index is 395. The molecule has 0 atom stereocenters. The minimum Gasteiger partial charge on any atom is -0.494 e. The Labute approximate surface area is 113 Å². The molecule has 0 saturated heterocycles. The molecule has 0 spiro atoms. The minimum absolute atomic E-state index is 0.195. The lowest BCUT2D eigenvalue weighted by atomic mass is 10.2. The van der Waals surface area contributed by atoms with Crippen LogP contribution in [0.5, 0.6) is 5.75 Å². The topological polar surface area (TPSA) is 55.8 Å². The van der Waals surface area contributed by atoms with Gasteiger partial charge in [-0.15, -0.1) is 0 Å². The number of ether oxygens (including phenoxy) is 2. The highest BCUT2D eigenvalue weighted by molar-refractivity contribution is 5.87. The van der Waals surface area contributed by atoms with Gasteiger partial charge in [-0.3, -0.25) is 0 Å². The summed E-state index contributed by atoms with van der Waals surface area (Å²) >= 11 is 0. The van der Waals surface area contributed by atoms with Crippen molar-refractivity contribution >= 4 is 12.0 Å². The van der Waals surface area contributed by atoms with E-state index in [1.807, 2.05) is 24.3 Å². The Kier molecular flexibility index (Phi) is 7.35. The molecule has 0 saturated carbocycles. The predicted molar refractivity (Wildman–Crippen MR) is 73.9 cm³/mol. The molecule has 19 heavy (non-hydrogen) atoms. The second kappa shape index (κ2) is 9.16. The fourth-order valence-electron chi connectivity index (χ4n) is 1.43. The molecule has 104 valence electrons. The number of carbonyl (C=O) groups excluding carboxylic acids is 1. The van der Waals surface area contributed by atoms with Crippen LogP contribution in [0, 0.1) is 0 Å². The molecule has 0 aliphatic rings. The average molecular weight is 264 g/mol. The lowest BCUT2D eigenvalue weighted by molar-refractivity contribution is -0.137. The largest absolute Gasteiger partial charge is 0.494 e. The van der Waals surface area contributed by atoms with Gasteiger partial charge in [0.15, 0.2) is 0 Å². The van der Waals surface area contributed by atoms with E-state index in [4.69, 9.17) is 14.6 Å². The van der Waals surface area contributed by atoms with Crippen molar-refractivity contribution in [1.29, 1.82) is 0 Å². The quantitative estimate of drug-likeness (QED) is 0.445. The molecule has 0 fully saturated rings. The maximum atomic E-state index is 11.1. The van der Waals surface area contributed by atoms with E-state index < -0.39 is 0 Å². The van der Waals surface area contributed by atoms with Gasteiger partial charge in [-0.1, -0.05) is 12.1 Å². The fraction of sp³-hybridized carbons (Fsp3) is 0.400. The number of aliphatic hydroxyl groups excluding tert-OH is 1. The van der Waals surface area contributed by atoms with Crippen LogP contribution >= 0.6 is 0 Å². The number of hydrogen-bond donors (Lipinski definition) is 1. The lowest BCUT2D eigenvalue weighted by Crippen LogP contribution is -1.99. The maximum absolute atomic E-state index is 11.1. The highest BCUT2D eigenvalue weighted by Crippen LogP contribution is 2.13. The van der Waals surface area contributed by atoms with E-state index in [0.717, 1.165) is 24.2 Å². The zero-order valence-corrected chi connectivity index (χ0v) is 11.2. The van der Waals surface area contributed by atoms with Crippen molar-refractivity contribution in [3.63, 3.8) is 0 Å². The number of rotatable bonds is 8. The Morgan fingerprint density at radius 3 is 2.63 bits per heavy atom. The van der Waals surface area contributed by atoms with Crippen molar-refractivity contribution in [2.24, 2.45) is 0 Å². The SMILES string of the molecule is CCOC(=O)/C=C/c1ccc(OCCCCO)cc1. The van der Waals surface area contributed by atoms with Crippen LogP contribution in [-0.2, 0) is 9.53 Å². The van der Waals surface area contributed by atoms with E-state index in [2.05, 4.69) is 0 Å². The number of aliphatic hydroxyl groups is 1. The van der Waals surface area contributed by atoms with Gasteiger partial charge in [0.2, 0.25) is 0 Å². The molecule has 0 amide bonds. The van der Waals surface area contributed by atoms with Gasteiger partial charge < -0.3 is 14.6 Å². The second-order valence-corrected chi connectivity index (χ2v) is 3.93. The average Bonchev–Trinajstić information content (AvgIpc) is 2.43. The summed E-state index contributed by atoms with van der Waals surface area (Å²) in [6.07, 6.45) is 4.69. The van der Waals surface area contributed by atoms with Crippen LogP contribution in [0.15, 0.2) is 30.3 Å². The number of hydrogen-bond acceptors (Lipinski definition) is 4. The van der Waals surface area contributed by atoms with Crippen molar-refractivity contribution < 1.29 is 19.4 Å². The molecular formula is C15H20O4. The molecule has 1 aromatic carbocycles. The Morgan fingerprint density at radius 1 is 1.26 bits per heavy atom. The van der Waals surface area contributed by atoms with Gasteiger partial charge in [0.1, 0.15) is 5.75 Å². The normalized spacial score (nSPS) is 10.6. The molecule has 0 aromatic heterocycles. The van der Waals surface area contributed by atoms with Crippen molar-refractivity contribution in [2.45, 2.75) is 19.8 Å². The first-order valence-corrected chi connectivity index (χ1v) is 6.45. The van der Waals surface area contributed by atoms with Gasteiger partial charge in [0.05, 0.1) is 13.2 Å². The monoisotopic (exact) mass is 264 g/mol. The summed E-state index contributed by atoms with van der Waals surface area (Å²) in [6.45, 7) is 2.94. The van der Waals surface area contributed by atoms with Crippen molar-refractivity contribution in [1.82, 2.24) is 0 Å². The number of unbranched alkanes of at least 4 members (excludes halogenated alkanes) is 1. The zero-order valence-electron chi connectivity index (χ0n) is 11.2. The van der Waals surface area contributed by atoms with Gasteiger partial charge >= 0.3 is 5.97 Å². The molecule has 4 heteroatoms. The number of esters is 1. The van der Waals surface area contributed by atoms with Gasteiger partial charge in [-0.2, -0.15) is 0 Å². The third-order valence-electron chi connectivity index (χ3n) is 2.40. The summed E-state index contributed by atoms with van der Waals surface area (Å²) in [6, 6.07) is 7.45. The molecule has 1 N–H and O–H groups in total. The molecule has 4 nitrogen and oxygen atoms in total. The van der Waals surface area contributed by atoms with Crippen molar-refractivity contribution in [2.75, 3.05) is 19.8 Å². The van der Waals surface area contributed by atoms with Crippen molar-refractivity contribution in [3.8, 4) is 5.75 Å². The highest BCUT2D eigenvalue weighted by atomic mass is 16.5. The molecule has 0 aliphatic heterocycles. The van der Waals surface area contributed by atoms with E-state index >= 15 is 0 Å². The molecule has 0 aliphatic carbocycles. The van der Waals surface area contributed by atoms with Crippen LogP contribution < -0.4 is 4.74 Å². The van der Waals surface area contributed by atoms with Crippen LogP contribution in [0.4, 0.5) is 0 Å². The lowest BCUT2D eigenvalue weighted by Gasteiger charge is -2.05. The summed E-state index contributed by atoms with van der Waals surface area (Å²) in [5.74, 6) is 0.443. The van der Waals surface area contributed by atoms with E-state index in [1.54, 1.807) is 13.0 Å². The van der Waals surface area contributed by atoms with Gasteiger partial charge in [0, 0.05) is 12.7 Å². The minimum atomic E-state index is -0.341. The second-order valence-electron chi connectivity index (χ2n) is 3.93. The first-order chi connectivity index (χ1) is 9.26. The van der Waals surface area contributed by atoms with Crippen LogP contribution in [0.1, 0.15) is 25.3 Å². The number of carbonyl (C=O) groups is 1. The standard InChI is InChI=1S/C15H20O4/c1-2-18-15(17)10-7-13-5-8-14(9-6-13)19-12-4-3-11-16/h5-10,16H,2-4,11-12H2,1H3/b10-7+. The summed E-state index contributed by atoms with van der Waals surface area (Å²) in [5.41, 5.74) is 0.913. The highest BCUT2D eigenvalue weighted by Gasteiger charge is 1.96.